The Labute approximate surface area is 86.0 Å². The molecule has 1 unspecified atom stereocenters. The van der Waals surface area contributed by atoms with Gasteiger partial charge in [0.25, 0.3) is 0 Å². The molecular weight excluding hydrogens is 181 g/mol. The SMILES string of the molecule is CC(C)(C)C(F)(CN)C1CCOCC1. The van der Waals surface area contributed by atoms with Gasteiger partial charge in [0.05, 0.1) is 0 Å². The zero-order valence-corrected chi connectivity index (χ0v) is 9.48. The molecule has 14 heavy (non-hydrogen) atoms. The predicted octanol–water partition coefficient (Wildman–Crippen LogP) is 2.13. The van der Waals surface area contributed by atoms with Crippen molar-refractivity contribution in [1.29, 1.82) is 0 Å². The van der Waals surface area contributed by atoms with E-state index < -0.39 is 5.67 Å². The van der Waals surface area contributed by atoms with Crippen LogP contribution in [0.2, 0.25) is 0 Å². The molecule has 1 rings (SSSR count). The van der Waals surface area contributed by atoms with Crippen molar-refractivity contribution in [2.45, 2.75) is 39.3 Å². The Balaban J connectivity index is 2.77. The van der Waals surface area contributed by atoms with Crippen molar-refractivity contribution >= 4 is 0 Å². The van der Waals surface area contributed by atoms with Crippen molar-refractivity contribution in [3.8, 4) is 0 Å². The molecule has 0 aromatic heterocycles. The highest BCUT2D eigenvalue weighted by atomic mass is 19.1. The van der Waals surface area contributed by atoms with Crippen molar-refractivity contribution < 1.29 is 9.13 Å². The minimum Gasteiger partial charge on any atom is -0.381 e. The van der Waals surface area contributed by atoms with Crippen LogP contribution in [0, 0.1) is 11.3 Å². The van der Waals surface area contributed by atoms with Crippen LogP contribution in [-0.4, -0.2) is 25.4 Å². The third-order valence-electron chi connectivity index (χ3n) is 3.41. The second kappa shape index (κ2) is 4.15. The first-order valence-corrected chi connectivity index (χ1v) is 5.38. The molecule has 0 bridgehead atoms. The quantitative estimate of drug-likeness (QED) is 0.746. The van der Waals surface area contributed by atoms with E-state index in [-0.39, 0.29) is 17.9 Å². The van der Waals surface area contributed by atoms with Crippen LogP contribution >= 0.6 is 0 Å². The third kappa shape index (κ3) is 2.09. The Morgan fingerprint density at radius 1 is 1.29 bits per heavy atom. The van der Waals surface area contributed by atoms with Crippen molar-refractivity contribution in [2.24, 2.45) is 17.1 Å². The van der Waals surface area contributed by atoms with Crippen molar-refractivity contribution in [1.82, 2.24) is 0 Å². The second-order valence-electron chi connectivity index (χ2n) is 5.20. The van der Waals surface area contributed by atoms with E-state index in [4.69, 9.17) is 10.5 Å². The number of nitrogens with two attached hydrogens (primary N) is 1. The molecule has 3 heteroatoms. The number of alkyl halides is 1. The van der Waals surface area contributed by atoms with Crippen molar-refractivity contribution in [3.05, 3.63) is 0 Å². The van der Waals surface area contributed by atoms with Gasteiger partial charge in [0.2, 0.25) is 0 Å². The lowest BCUT2D eigenvalue weighted by Crippen LogP contribution is -2.52. The van der Waals surface area contributed by atoms with Crippen LogP contribution in [0.1, 0.15) is 33.6 Å². The fourth-order valence-electron chi connectivity index (χ4n) is 2.24. The maximum Gasteiger partial charge on any atom is 0.130 e. The fourth-order valence-corrected chi connectivity index (χ4v) is 2.24. The van der Waals surface area contributed by atoms with E-state index in [1.54, 1.807) is 0 Å². The first-order valence-electron chi connectivity index (χ1n) is 5.38. The van der Waals surface area contributed by atoms with E-state index in [0.717, 1.165) is 12.8 Å². The molecule has 0 aliphatic carbocycles. The summed E-state index contributed by atoms with van der Waals surface area (Å²) in [5, 5.41) is 0. The van der Waals surface area contributed by atoms with Crippen molar-refractivity contribution in [3.63, 3.8) is 0 Å². The van der Waals surface area contributed by atoms with Gasteiger partial charge in [-0.15, -0.1) is 0 Å². The lowest BCUT2D eigenvalue weighted by molar-refractivity contribution is -0.0656. The van der Waals surface area contributed by atoms with Crippen LogP contribution in [0.25, 0.3) is 0 Å². The molecule has 0 saturated carbocycles. The monoisotopic (exact) mass is 203 g/mol. The second-order valence-corrected chi connectivity index (χ2v) is 5.20. The van der Waals surface area contributed by atoms with Gasteiger partial charge >= 0.3 is 0 Å². The van der Waals surface area contributed by atoms with E-state index >= 15 is 0 Å². The number of ether oxygens (including phenoxy) is 1. The molecule has 0 aromatic rings. The van der Waals surface area contributed by atoms with Gasteiger partial charge in [-0.3, -0.25) is 0 Å². The molecular formula is C11H22FNO. The molecule has 1 heterocycles. The molecule has 0 radical (unpaired) electrons. The Hall–Kier alpha value is -0.150. The molecule has 1 saturated heterocycles. The molecule has 1 fully saturated rings. The molecule has 0 amide bonds. The smallest absolute Gasteiger partial charge is 0.130 e. The van der Waals surface area contributed by atoms with Crippen LogP contribution in [-0.2, 0) is 4.74 Å². The number of halogens is 1. The molecule has 1 atom stereocenters. The van der Waals surface area contributed by atoms with Gasteiger partial charge in [-0.25, -0.2) is 4.39 Å². The van der Waals surface area contributed by atoms with Gasteiger partial charge in [-0.05, 0) is 24.2 Å². The van der Waals surface area contributed by atoms with Gasteiger partial charge < -0.3 is 10.5 Å². The average molecular weight is 203 g/mol. The standard InChI is InChI=1S/C11H22FNO/c1-10(2,3)11(12,8-13)9-4-6-14-7-5-9/h9H,4-8,13H2,1-3H3. The van der Waals surface area contributed by atoms with E-state index in [1.165, 1.54) is 0 Å². The summed E-state index contributed by atoms with van der Waals surface area (Å²) >= 11 is 0. The molecule has 2 nitrogen and oxygen atoms in total. The molecule has 0 aromatic carbocycles. The summed E-state index contributed by atoms with van der Waals surface area (Å²) in [6, 6.07) is 0. The Morgan fingerprint density at radius 2 is 1.79 bits per heavy atom. The van der Waals surface area contributed by atoms with E-state index in [9.17, 15) is 4.39 Å². The maximum absolute atomic E-state index is 14.7. The largest absolute Gasteiger partial charge is 0.381 e. The summed E-state index contributed by atoms with van der Waals surface area (Å²) < 4.78 is 20.0. The van der Waals surface area contributed by atoms with Gasteiger partial charge in [0, 0.05) is 19.8 Å². The maximum atomic E-state index is 14.7. The zero-order valence-electron chi connectivity index (χ0n) is 9.48. The molecule has 84 valence electrons. The summed E-state index contributed by atoms with van der Waals surface area (Å²) in [4.78, 5) is 0. The van der Waals surface area contributed by atoms with Crippen LogP contribution in [0.3, 0.4) is 0 Å². The minimum absolute atomic E-state index is 0.0567. The number of hydrogen-bond acceptors (Lipinski definition) is 2. The molecule has 1 aliphatic heterocycles. The minimum atomic E-state index is -1.25. The first-order chi connectivity index (χ1) is 6.42. The average Bonchev–Trinajstić information content (AvgIpc) is 2.16. The normalized spacial score (nSPS) is 24.6. The lowest BCUT2D eigenvalue weighted by atomic mass is 9.68. The van der Waals surface area contributed by atoms with E-state index in [2.05, 4.69) is 0 Å². The van der Waals surface area contributed by atoms with Crippen LogP contribution in [0.4, 0.5) is 4.39 Å². The van der Waals surface area contributed by atoms with Gasteiger partial charge in [-0.1, -0.05) is 20.8 Å². The van der Waals surface area contributed by atoms with Gasteiger partial charge in [-0.2, -0.15) is 0 Å². The summed E-state index contributed by atoms with van der Waals surface area (Å²) in [5.74, 6) is 0.0567. The molecule has 0 spiro atoms. The first kappa shape index (κ1) is 11.9. The topological polar surface area (TPSA) is 35.2 Å². The van der Waals surface area contributed by atoms with E-state index in [0.29, 0.717) is 13.2 Å². The van der Waals surface area contributed by atoms with Crippen molar-refractivity contribution in [2.75, 3.05) is 19.8 Å². The highest BCUT2D eigenvalue weighted by Crippen LogP contribution is 2.43. The predicted molar refractivity (Wildman–Crippen MR) is 55.9 cm³/mol. The summed E-state index contributed by atoms with van der Waals surface area (Å²) in [7, 11) is 0. The summed E-state index contributed by atoms with van der Waals surface area (Å²) in [5.41, 5.74) is 3.97. The Kier molecular flexibility index (Phi) is 3.53. The van der Waals surface area contributed by atoms with Crippen LogP contribution in [0.15, 0.2) is 0 Å². The summed E-state index contributed by atoms with van der Waals surface area (Å²) in [6.07, 6.45) is 1.59. The third-order valence-corrected chi connectivity index (χ3v) is 3.41. The highest BCUT2D eigenvalue weighted by Gasteiger charge is 2.47. The van der Waals surface area contributed by atoms with Crippen LogP contribution < -0.4 is 5.73 Å². The zero-order chi connectivity index (χ0) is 10.8. The van der Waals surface area contributed by atoms with Gasteiger partial charge in [0.1, 0.15) is 5.67 Å². The molecule has 2 N–H and O–H groups in total. The Morgan fingerprint density at radius 3 is 2.14 bits per heavy atom. The van der Waals surface area contributed by atoms with E-state index in [1.807, 2.05) is 20.8 Å². The summed E-state index contributed by atoms with van der Waals surface area (Å²) in [6.45, 7) is 7.24. The van der Waals surface area contributed by atoms with Crippen LogP contribution in [0.5, 0.6) is 0 Å². The number of rotatable bonds is 2. The number of hydrogen-bond donors (Lipinski definition) is 1. The highest BCUT2D eigenvalue weighted by molar-refractivity contribution is 4.98. The Bertz CT molecular complexity index is 184. The molecule has 1 aliphatic rings. The van der Waals surface area contributed by atoms with Gasteiger partial charge in [0.15, 0.2) is 0 Å². The fraction of sp³-hybridized carbons (Fsp3) is 1.00. The lowest BCUT2D eigenvalue weighted by Gasteiger charge is -2.44.